The molecule has 0 aliphatic rings. The molecular weight excluding hydrogens is 324 g/mol. The van der Waals surface area contributed by atoms with Gasteiger partial charge in [0.15, 0.2) is 5.15 Å². The molecule has 3 aromatic rings. The number of rotatable bonds is 5. The van der Waals surface area contributed by atoms with Crippen LogP contribution in [0.5, 0.6) is 5.75 Å². The first-order chi connectivity index (χ1) is 11.6. The van der Waals surface area contributed by atoms with Crippen molar-refractivity contribution in [3.8, 4) is 5.75 Å². The fourth-order valence-electron chi connectivity index (χ4n) is 2.35. The summed E-state index contributed by atoms with van der Waals surface area (Å²) in [5, 5.41) is 10.7. The van der Waals surface area contributed by atoms with Gasteiger partial charge in [-0.1, -0.05) is 54.1 Å². The number of halogens is 1. The average Bonchev–Trinajstić information content (AvgIpc) is 2.62. The van der Waals surface area contributed by atoms with Crippen molar-refractivity contribution in [1.29, 1.82) is 0 Å². The van der Waals surface area contributed by atoms with Crippen molar-refractivity contribution in [1.82, 2.24) is 9.97 Å². The van der Waals surface area contributed by atoms with Crippen molar-refractivity contribution in [3.63, 3.8) is 0 Å². The molecule has 1 unspecified atom stereocenters. The van der Waals surface area contributed by atoms with Gasteiger partial charge in [-0.2, -0.15) is 0 Å². The lowest BCUT2D eigenvalue weighted by molar-refractivity contribution is 0.214. The maximum atomic E-state index is 10.5. The van der Waals surface area contributed by atoms with Crippen molar-refractivity contribution in [3.05, 3.63) is 88.5 Å². The van der Waals surface area contributed by atoms with Crippen LogP contribution in [-0.2, 0) is 6.61 Å². The second-order valence-electron chi connectivity index (χ2n) is 5.43. The first-order valence-electron chi connectivity index (χ1n) is 7.57. The van der Waals surface area contributed by atoms with Crippen LogP contribution in [0.1, 0.15) is 28.5 Å². The predicted octanol–water partition coefficient (Wildman–Crippen LogP) is 4.10. The van der Waals surface area contributed by atoms with E-state index in [0.717, 1.165) is 16.9 Å². The summed E-state index contributed by atoms with van der Waals surface area (Å²) < 4.78 is 5.90. The Morgan fingerprint density at radius 3 is 2.58 bits per heavy atom. The highest BCUT2D eigenvalue weighted by Gasteiger charge is 2.17. The van der Waals surface area contributed by atoms with E-state index in [9.17, 15) is 5.11 Å². The summed E-state index contributed by atoms with van der Waals surface area (Å²) >= 11 is 6.02. The lowest BCUT2D eigenvalue weighted by Gasteiger charge is -2.15. The molecule has 0 spiro atoms. The zero-order chi connectivity index (χ0) is 16.9. The number of ether oxygens (including phenoxy) is 1. The number of aliphatic hydroxyl groups is 1. The summed E-state index contributed by atoms with van der Waals surface area (Å²) in [6.07, 6.45) is 2.04. The van der Waals surface area contributed by atoms with E-state index in [1.165, 1.54) is 12.4 Å². The molecule has 5 heteroatoms. The van der Waals surface area contributed by atoms with Crippen LogP contribution in [0.15, 0.2) is 60.9 Å². The van der Waals surface area contributed by atoms with Crippen LogP contribution < -0.4 is 4.74 Å². The minimum absolute atomic E-state index is 0.192. The molecule has 4 nitrogen and oxygen atoms in total. The average molecular weight is 341 g/mol. The number of hydrogen-bond donors (Lipinski definition) is 1. The van der Waals surface area contributed by atoms with Gasteiger partial charge in [-0.25, -0.2) is 4.98 Å². The molecule has 3 rings (SSSR count). The molecule has 1 atom stereocenters. The molecule has 0 amide bonds. The van der Waals surface area contributed by atoms with E-state index in [1.807, 2.05) is 55.5 Å². The predicted molar refractivity (Wildman–Crippen MR) is 93.1 cm³/mol. The smallest absolute Gasteiger partial charge is 0.153 e. The van der Waals surface area contributed by atoms with Gasteiger partial charge in [0.05, 0.1) is 0 Å². The molecule has 0 saturated carbocycles. The molecule has 2 aromatic carbocycles. The Bertz CT molecular complexity index is 825. The van der Waals surface area contributed by atoms with E-state index in [0.29, 0.717) is 17.9 Å². The minimum Gasteiger partial charge on any atom is -0.489 e. The number of aryl methyl sites for hydroxylation is 1. The van der Waals surface area contributed by atoms with Gasteiger partial charge in [-0.05, 0) is 29.7 Å². The van der Waals surface area contributed by atoms with Gasteiger partial charge in [0.25, 0.3) is 0 Å². The number of hydrogen-bond acceptors (Lipinski definition) is 4. The fourth-order valence-corrected chi connectivity index (χ4v) is 2.56. The van der Waals surface area contributed by atoms with Crippen molar-refractivity contribution in [2.45, 2.75) is 19.6 Å². The van der Waals surface area contributed by atoms with Crippen LogP contribution in [0.25, 0.3) is 0 Å². The quantitative estimate of drug-likeness (QED) is 0.759. The second-order valence-corrected chi connectivity index (χ2v) is 5.79. The molecule has 0 radical (unpaired) electrons. The second kappa shape index (κ2) is 7.43. The summed E-state index contributed by atoms with van der Waals surface area (Å²) in [6, 6.07) is 15.5. The highest BCUT2D eigenvalue weighted by atomic mass is 35.5. The normalized spacial score (nSPS) is 12.0. The molecular formula is C19H17ClN2O2. The SMILES string of the molecule is Cc1ccc(C(O)c2nccnc2Cl)cc1OCc1ccccc1. The van der Waals surface area contributed by atoms with Crippen LogP contribution >= 0.6 is 11.6 Å². The van der Waals surface area contributed by atoms with Gasteiger partial charge < -0.3 is 9.84 Å². The van der Waals surface area contributed by atoms with Gasteiger partial charge in [0.2, 0.25) is 0 Å². The lowest BCUT2D eigenvalue weighted by Crippen LogP contribution is -2.05. The number of aromatic nitrogens is 2. The molecule has 0 saturated heterocycles. The Labute approximate surface area is 145 Å². The monoisotopic (exact) mass is 340 g/mol. The highest BCUT2D eigenvalue weighted by Crippen LogP contribution is 2.29. The Hall–Kier alpha value is -2.43. The largest absolute Gasteiger partial charge is 0.489 e. The standard InChI is InChI=1S/C19H17ClN2O2/c1-13-7-8-15(18(23)17-19(20)22-10-9-21-17)11-16(13)24-12-14-5-3-2-4-6-14/h2-11,18,23H,12H2,1H3. The van der Waals surface area contributed by atoms with E-state index < -0.39 is 6.10 Å². The van der Waals surface area contributed by atoms with Crippen molar-refractivity contribution < 1.29 is 9.84 Å². The Morgan fingerprint density at radius 2 is 1.83 bits per heavy atom. The van der Waals surface area contributed by atoms with Gasteiger partial charge in [-0.3, -0.25) is 4.98 Å². The Kier molecular flexibility index (Phi) is 5.08. The zero-order valence-electron chi connectivity index (χ0n) is 13.2. The topological polar surface area (TPSA) is 55.2 Å². The molecule has 0 bridgehead atoms. The third kappa shape index (κ3) is 3.72. The molecule has 0 fully saturated rings. The molecule has 0 aliphatic heterocycles. The first kappa shape index (κ1) is 16.4. The maximum absolute atomic E-state index is 10.5. The minimum atomic E-state index is -0.953. The van der Waals surface area contributed by atoms with E-state index >= 15 is 0 Å². The third-order valence-corrected chi connectivity index (χ3v) is 3.99. The fraction of sp³-hybridized carbons (Fsp3) is 0.158. The van der Waals surface area contributed by atoms with Crippen LogP contribution in [-0.4, -0.2) is 15.1 Å². The summed E-state index contributed by atoms with van der Waals surface area (Å²) in [7, 11) is 0. The lowest BCUT2D eigenvalue weighted by atomic mass is 10.0. The van der Waals surface area contributed by atoms with E-state index in [2.05, 4.69) is 9.97 Å². The number of benzene rings is 2. The molecule has 0 aliphatic carbocycles. The van der Waals surface area contributed by atoms with Crippen molar-refractivity contribution in [2.75, 3.05) is 0 Å². The summed E-state index contributed by atoms with van der Waals surface area (Å²) in [5.41, 5.74) is 3.06. The zero-order valence-corrected chi connectivity index (χ0v) is 13.9. The summed E-state index contributed by atoms with van der Waals surface area (Å²) in [4.78, 5) is 8.07. The Balaban J connectivity index is 1.82. The van der Waals surface area contributed by atoms with Crippen molar-refractivity contribution >= 4 is 11.6 Å². The maximum Gasteiger partial charge on any atom is 0.153 e. The summed E-state index contributed by atoms with van der Waals surface area (Å²) in [6.45, 7) is 2.43. The van der Waals surface area contributed by atoms with Gasteiger partial charge in [0.1, 0.15) is 24.2 Å². The third-order valence-electron chi connectivity index (χ3n) is 3.70. The van der Waals surface area contributed by atoms with Crippen LogP contribution in [0.3, 0.4) is 0 Å². The van der Waals surface area contributed by atoms with E-state index in [-0.39, 0.29) is 5.15 Å². The van der Waals surface area contributed by atoms with Gasteiger partial charge >= 0.3 is 0 Å². The van der Waals surface area contributed by atoms with Gasteiger partial charge in [-0.15, -0.1) is 0 Å². The van der Waals surface area contributed by atoms with Crippen LogP contribution in [0.4, 0.5) is 0 Å². The van der Waals surface area contributed by atoms with Crippen LogP contribution in [0.2, 0.25) is 5.15 Å². The molecule has 1 N–H and O–H groups in total. The number of nitrogens with zero attached hydrogens (tertiary/aromatic N) is 2. The van der Waals surface area contributed by atoms with Gasteiger partial charge in [0, 0.05) is 12.4 Å². The first-order valence-corrected chi connectivity index (χ1v) is 7.94. The summed E-state index contributed by atoms with van der Waals surface area (Å²) in [5.74, 6) is 0.718. The molecule has 1 aromatic heterocycles. The molecule has 122 valence electrons. The van der Waals surface area contributed by atoms with E-state index in [4.69, 9.17) is 16.3 Å². The molecule has 24 heavy (non-hydrogen) atoms. The molecule has 1 heterocycles. The Morgan fingerprint density at radius 1 is 1.08 bits per heavy atom. The highest BCUT2D eigenvalue weighted by molar-refractivity contribution is 6.30. The number of aliphatic hydroxyl groups excluding tert-OH is 1. The van der Waals surface area contributed by atoms with Crippen LogP contribution in [0, 0.1) is 6.92 Å². The van der Waals surface area contributed by atoms with E-state index in [1.54, 1.807) is 0 Å². The van der Waals surface area contributed by atoms with Crippen molar-refractivity contribution in [2.24, 2.45) is 0 Å².